The molecule has 0 aliphatic carbocycles. The molecule has 0 spiro atoms. The van der Waals surface area contributed by atoms with Crippen LogP contribution in [0.25, 0.3) is 0 Å². The predicted octanol–water partition coefficient (Wildman–Crippen LogP) is 1.96. The van der Waals surface area contributed by atoms with E-state index in [-0.39, 0.29) is 30.5 Å². The third kappa shape index (κ3) is 4.84. The van der Waals surface area contributed by atoms with Gasteiger partial charge in [-0.05, 0) is 32.0 Å². The van der Waals surface area contributed by atoms with Crippen molar-refractivity contribution in [3.63, 3.8) is 0 Å². The van der Waals surface area contributed by atoms with Crippen molar-refractivity contribution in [1.82, 2.24) is 24.9 Å². The molecule has 9 nitrogen and oxygen atoms in total. The molecule has 0 aliphatic rings. The molecule has 3 aromatic rings. The molecular formula is C18H22N6O3. The molecule has 2 N–H and O–H groups in total. The van der Waals surface area contributed by atoms with Gasteiger partial charge in [-0.25, -0.2) is 0 Å². The Labute approximate surface area is 156 Å². The zero-order chi connectivity index (χ0) is 19.2. The second-order valence-corrected chi connectivity index (χ2v) is 6.03. The average molecular weight is 370 g/mol. The molecule has 3 rings (SSSR count). The number of nitrogens with one attached hydrogen (secondary N) is 2. The van der Waals surface area contributed by atoms with Gasteiger partial charge in [-0.15, -0.1) is 0 Å². The molecule has 9 heteroatoms. The van der Waals surface area contributed by atoms with Crippen LogP contribution in [-0.2, 0) is 24.4 Å². The zero-order valence-electron chi connectivity index (χ0n) is 15.3. The Morgan fingerprint density at radius 1 is 1.22 bits per heavy atom. The summed E-state index contributed by atoms with van der Waals surface area (Å²) in [5, 5.41) is 14.0. The van der Waals surface area contributed by atoms with Gasteiger partial charge in [0.2, 0.25) is 5.91 Å². The van der Waals surface area contributed by atoms with Gasteiger partial charge in [0.1, 0.15) is 5.76 Å². The molecule has 0 saturated heterocycles. The summed E-state index contributed by atoms with van der Waals surface area (Å²) in [6, 6.07) is 5.40. The minimum Gasteiger partial charge on any atom is -0.467 e. The molecule has 0 fully saturated rings. The number of hydrogen-bond acceptors (Lipinski definition) is 5. The van der Waals surface area contributed by atoms with E-state index in [0.29, 0.717) is 24.5 Å². The van der Waals surface area contributed by atoms with Crippen LogP contribution in [0.5, 0.6) is 0 Å². The third-order valence-electron chi connectivity index (χ3n) is 3.92. The van der Waals surface area contributed by atoms with Crippen LogP contribution in [0.3, 0.4) is 0 Å². The Hall–Kier alpha value is -3.36. The molecule has 142 valence electrons. The van der Waals surface area contributed by atoms with Gasteiger partial charge < -0.3 is 15.1 Å². The number of carbonyl (C=O) groups excluding carboxylic acids is 2. The third-order valence-corrected chi connectivity index (χ3v) is 3.92. The van der Waals surface area contributed by atoms with E-state index in [4.69, 9.17) is 4.42 Å². The van der Waals surface area contributed by atoms with E-state index in [0.717, 1.165) is 5.69 Å². The van der Waals surface area contributed by atoms with Crippen molar-refractivity contribution < 1.29 is 14.0 Å². The van der Waals surface area contributed by atoms with Crippen molar-refractivity contribution in [2.24, 2.45) is 0 Å². The molecule has 0 aliphatic heterocycles. The first-order valence-corrected chi connectivity index (χ1v) is 8.73. The Kier molecular flexibility index (Phi) is 5.70. The Morgan fingerprint density at radius 3 is 2.74 bits per heavy atom. The van der Waals surface area contributed by atoms with E-state index in [1.807, 2.05) is 26.1 Å². The fraction of sp³-hybridized carbons (Fsp3) is 0.333. The number of nitrogens with zero attached hydrogens (tertiary/aromatic N) is 4. The first kappa shape index (κ1) is 18.4. The van der Waals surface area contributed by atoms with Gasteiger partial charge in [-0.2, -0.15) is 10.2 Å². The van der Waals surface area contributed by atoms with E-state index >= 15 is 0 Å². The molecule has 0 unspecified atom stereocenters. The number of furan rings is 1. The first-order valence-electron chi connectivity index (χ1n) is 8.73. The summed E-state index contributed by atoms with van der Waals surface area (Å²) >= 11 is 0. The van der Waals surface area contributed by atoms with Gasteiger partial charge in [-0.1, -0.05) is 0 Å². The fourth-order valence-corrected chi connectivity index (χ4v) is 2.52. The predicted molar refractivity (Wildman–Crippen MR) is 98.0 cm³/mol. The minimum absolute atomic E-state index is 0.173. The first-order chi connectivity index (χ1) is 13.0. The van der Waals surface area contributed by atoms with E-state index < -0.39 is 0 Å². The van der Waals surface area contributed by atoms with Crippen LogP contribution >= 0.6 is 0 Å². The second-order valence-electron chi connectivity index (χ2n) is 6.03. The lowest BCUT2D eigenvalue weighted by Crippen LogP contribution is -2.25. The van der Waals surface area contributed by atoms with Crippen molar-refractivity contribution in [2.75, 3.05) is 5.32 Å². The number of hydrogen-bond donors (Lipinski definition) is 2. The van der Waals surface area contributed by atoms with Gasteiger partial charge in [0.25, 0.3) is 5.91 Å². The monoisotopic (exact) mass is 370 g/mol. The highest BCUT2D eigenvalue weighted by Gasteiger charge is 2.18. The van der Waals surface area contributed by atoms with E-state index in [1.54, 1.807) is 34.0 Å². The second kappa shape index (κ2) is 8.35. The number of rotatable bonds is 8. The standard InChI is InChI=1S/C18H22N6O3/c1-3-23-12-15(20-16(25)7-9-24-8-6-13(2)21-24)17(22-23)18(26)19-11-14-5-4-10-27-14/h4-6,8,10,12H,3,7,9,11H2,1-2H3,(H,19,26)(H,20,25). The maximum Gasteiger partial charge on any atom is 0.274 e. The van der Waals surface area contributed by atoms with Crippen LogP contribution in [0.2, 0.25) is 0 Å². The molecule has 2 amide bonds. The van der Waals surface area contributed by atoms with Crippen LogP contribution in [0.15, 0.2) is 41.3 Å². The van der Waals surface area contributed by atoms with Crippen molar-refractivity contribution in [3.05, 3.63) is 54.0 Å². The van der Waals surface area contributed by atoms with Crippen molar-refractivity contribution in [3.8, 4) is 0 Å². The molecule has 0 bridgehead atoms. The lowest BCUT2D eigenvalue weighted by atomic mass is 10.3. The van der Waals surface area contributed by atoms with Gasteiger partial charge in [-0.3, -0.25) is 19.0 Å². The molecule has 0 atom stereocenters. The van der Waals surface area contributed by atoms with Gasteiger partial charge in [0, 0.05) is 31.9 Å². The Balaban J connectivity index is 1.62. The van der Waals surface area contributed by atoms with Crippen molar-refractivity contribution in [1.29, 1.82) is 0 Å². The van der Waals surface area contributed by atoms with E-state index in [1.165, 1.54) is 0 Å². The van der Waals surface area contributed by atoms with E-state index in [2.05, 4.69) is 20.8 Å². The molecule has 0 saturated carbocycles. The summed E-state index contributed by atoms with van der Waals surface area (Å²) in [7, 11) is 0. The van der Waals surface area contributed by atoms with Crippen LogP contribution in [-0.4, -0.2) is 31.4 Å². The molecule has 3 heterocycles. The lowest BCUT2D eigenvalue weighted by Gasteiger charge is -2.06. The summed E-state index contributed by atoms with van der Waals surface area (Å²) in [4.78, 5) is 24.7. The van der Waals surface area contributed by atoms with E-state index in [9.17, 15) is 9.59 Å². The molecule has 0 radical (unpaired) electrons. The number of carbonyl (C=O) groups is 2. The summed E-state index contributed by atoms with van der Waals surface area (Å²) in [6.45, 7) is 5.09. The maximum absolute atomic E-state index is 12.5. The quantitative estimate of drug-likeness (QED) is 0.630. The highest BCUT2D eigenvalue weighted by molar-refractivity contribution is 6.02. The fourth-order valence-electron chi connectivity index (χ4n) is 2.52. The largest absolute Gasteiger partial charge is 0.467 e. The SMILES string of the molecule is CCn1cc(NC(=O)CCn2ccc(C)n2)c(C(=O)NCc2ccco2)n1. The van der Waals surface area contributed by atoms with Crippen molar-refractivity contribution >= 4 is 17.5 Å². The Bertz CT molecular complexity index is 910. The van der Waals surface area contributed by atoms with Crippen LogP contribution in [0, 0.1) is 6.92 Å². The normalized spacial score (nSPS) is 10.7. The summed E-state index contributed by atoms with van der Waals surface area (Å²) in [6.07, 6.45) is 5.26. The average Bonchev–Trinajstić information content (AvgIpc) is 3.39. The topological polar surface area (TPSA) is 107 Å². The van der Waals surface area contributed by atoms with Crippen LogP contribution < -0.4 is 10.6 Å². The van der Waals surface area contributed by atoms with Crippen LogP contribution in [0.4, 0.5) is 5.69 Å². The van der Waals surface area contributed by atoms with Crippen LogP contribution in [0.1, 0.15) is 35.3 Å². The molecular weight excluding hydrogens is 348 g/mol. The smallest absolute Gasteiger partial charge is 0.274 e. The maximum atomic E-state index is 12.5. The molecule has 3 aromatic heterocycles. The summed E-state index contributed by atoms with van der Waals surface area (Å²) in [5.41, 5.74) is 1.46. The number of aryl methyl sites for hydroxylation is 3. The highest BCUT2D eigenvalue weighted by Crippen LogP contribution is 2.15. The minimum atomic E-state index is -0.378. The number of aromatic nitrogens is 4. The molecule has 27 heavy (non-hydrogen) atoms. The zero-order valence-corrected chi connectivity index (χ0v) is 15.3. The van der Waals surface area contributed by atoms with Crippen molar-refractivity contribution in [2.45, 2.75) is 39.9 Å². The summed E-state index contributed by atoms with van der Waals surface area (Å²) in [5.74, 6) is 0.0499. The van der Waals surface area contributed by atoms with Gasteiger partial charge >= 0.3 is 0 Å². The number of anilines is 1. The number of amides is 2. The lowest BCUT2D eigenvalue weighted by molar-refractivity contribution is -0.116. The summed E-state index contributed by atoms with van der Waals surface area (Å²) < 4.78 is 8.51. The van der Waals surface area contributed by atoms with Gasteiger partial charge in [0.15, 0.2) is 5.69 Å². The Morgan fingerprint density at radius 2 is 2.07 bits per heavy atom. The van der Waals surface area contributed by atoms with Gasteiger partial charge in [0.05, 0.1) is 24.2 Å². The molecule has 0 aromatic carbocycles. The highest BCUT2D eigenvalue weighted by atomic mass is 16.3.